The monoisotopic (exact) mass is 473 g/mol. The lowest BCUT2D eigenvalue weighted by Gasteiger charge is -2.36. The van der Waals surface area contributed by atoms with E-state index in [1.165, 1.54) is 58.3 Å². The summed E-state index contributed by atoms with van der Waals surface area (Å²) in [5.41, 5.74) is 11.8. The van der Waals surface area contributed by atoms with Gasteiger partial charge in [0.15, 0.2) is 0 Å². The van der Waals surface area contributed by atoms with Gasteiger partial charge in [0, 0.05) is 42.3 Å². The first-order valence-electron chi connectivity index (χ1n) is 10.9. The van der Waals surface area contributed by atoms with Crippen molar-refractivity contribution in [1.82, 2.24) is 4.90 Å². The Morgan fingerprint density at radius 2 is 1.97 bits per heavy atom. The minimum Gasteiger partial charge on any atom is -0.466 e. The highest BCUT2D eigenvalue weighted by Gasteiger charge is 2.27. The lowest BCUT2D eigenvalue weighted by molar-refractivity contribution is -0.136. The van der Waals surface area contributed by atoms with Crippen LogP contribution in [0.3, 0.4) is 0 Å². The molecule has 7 heteroatoms. The Bertz CT molecular complexity index is 531. The number of allylic oxidation sites excluding steroid dienone is 2. The molecule has 5 N–H and O–H groups in total. The second-order valence-corrected chi connectivity index (χ2v) is 9.05. The van der Waals surface area contributed by atoms with Gasteiger partial charge in [-0.25, -0.2) is 4.79 Å². The summed E-state index contributed by atoms with van der Waals surface area (Å²) in [6.45, 7) is 4.25. The molecule has 0 bridgehead atoms. The smallest absolute Gasteiger partial charge is 0.335 e. The molecule has 0 aromatic carbocycles. The average molecular weight is 474 g/mol. The third-order valence-electron chi connectivity index (χ3n) is 5.85. The highest BCUT2D eigenvalue weighted by atomic mass is 79.9. The van der Waals surface area contributed by atoms with Crippen LogP contribution in [-0.2, 0) is 9.53 Å². The van der Waals surface area contributed by atoms with Gasteiger partial charge < -0.3 is 21.3 Å². The molecule has 1 aliphatic heterocycles. The van der Waals surface area contributed by atoms with E-state index in [0.717, 1.165) is 18.9 Å². The molecule has 2 unspecified atom stereocenters. The van der Waals surface area contributed by atoms with E-state index in [9.17, 15) is 9.90 Å². The van der Waals surface area contributed by atoms with Crippen molar-refractivity contribution in [3.8, 4) is 0 Å². The van der Waals surface area contributed by atoms with Gasteiger partial charge >= 0.3 is 5.97 Å². The largest absolute Gasteiger partial charge is 0.466 e. The molecule has 2 fully saturated rings. The predicted octanol–water partition coefficient (Wildman–Crippen LogP) is 3.29. The Kier molecular flexibility index (Phi) is 13.5. The van der Waals surface area contributed by atoms with Gasteiger partial charge in [0.05, 0.1) is 12.7 Å². The molecule has 1 saturated heterocycles. The van der Waals surface area contributed by atoms with E-state index in [2.05, 4.69) is 27.8 Å². The maximum atomic E-state index is 11.8. The van der Waals surface area contributed by atoms with E-state index in [0.29, 0.717) is 23.1 Å². The Labute approximate surface area is 184 Å². The molecular formula is C22H40BrN3O3. The summed E-state index contributed by atoms with van der Waals surface area (Å²) in [6, 6.07) is 0.0116. The zero-order valence-corrected chi connectivity index (χ0v) is 19.7. The maximum absolute atomic E-state index is 11.8. The molecule has 2 aliphatic rings. The first-order chi connectivity index (χ1) is 13.9. The van der Waals surface area contributed by atoms with Crippen molar-refractivity contribution in [2.24, 2.45) is 23.3 Å². The van der Waals surface area contributed by atoms with Gasteiger partial charge in [-0.1, -0.05) is 51.9 Å². The van der Waals surface area contributed by atoms with Crippen molar-refractivity contribution in [2.75, 3.05) is 33.4 Å². The van der Waals surface area contributed by atoms with E-state index >= 15 is 0 Å². The number of nitrogens with zero attached hydrogens (tertiary/aromatic N) is 1. The second-order valence-electron chi connectivity index (χ2n) is 8.14. The van der Waals surface area contributed by atoms with Gasteiger partial charge in [0.25, 0.3) is 0 Å². The van der Waals surface area contributed by atoms with Crippen molar-refractivity contribution < 1.29 is 14.6 Å². The van der Waals surface area contributed by atoms with E-state index in [1.54, 1.807) is 6.08 Å². The van der Waals surface area contributed by atoms with Crippen LogP contribution in [0.25, 0.3) is 0 Å². The molecule has 0 spiro atoms. The molecule has 1 saturated carbocycles. The first kappa shape index (κ1) is 26.1. The fraction of sp³-hybridized carbons (Fsp3) is 0.773. The minimum absolute atomic E-state index is 0.0116. The van der Waals surface area contributed by atoms with Crippen LogP contribution in [0.1, 0.15) is 58.3 Å². The molecule has 0 amide bonds. The van der Waals surface area contributed by atoms with Crippen LogP contribution in [0.5, 0.6) is 0 Å². The topological polar surface area (TPSA) is 102 Å². The third-order valence-corrected chi connectivity index (χ3v) is 6.34. The standard InChI is InChI=1S/C13H22BrN3O3.C9H18/c1-20-13(19)9(4-11(14)5-15)6-17-3-2-12(16)10(7-17)8-18;1-2-6-9-7-4-3-5-8-9/h4-5,10,12,18H,2-3,6-8,15-16H2,1H3;9H,2-8H2,1H3/b9-4+,11-5+;. The molecule has 2 rings (SSSR count). The predicted molar refractivity (Wildman–Crippen MR) is 122 cm³/mol. The molecule has 0 aromatic rings. The number of methoxy groups -OCH3 is 1. The highest BCUT2D eigenvalue weighted by Crippen LogP contribution is 2.26. The number of likely N-dealkylation sites (tertiary alicyclic amines) is 1. The number of piperidine rings is 1. The Hall–Kier alpha value is -0.890. The number of hydrogen-bond donors (Lipinski definition) is 3. The molecule has 2 atom stereocenters. The van der Waals surface area contributed by atoms with Crippen LogP contribution >= 0.6 is 15.9 Å². The fourth-order valence-corrected chi connectivity index (χ4v) is 4.38. The molecule has 0 radical (unpaired) electrons. The number of aliphatic hydroxyl groups excluding tert-OH is 1. The Morgan fingerprint density at radius 1 is 1.28 bits per heavy atom. The van der Waals surface area contributed by atoms with E-state index in [4.69, 9.17) is 16.2 Å². The summed E-state index contributed by atoms with van der Waals surface area (Å²) < 4.78 is 5.39. The molecule has 6 nitrogen and oxygen atoms in total. The number of carbonyl (C=O) groups excluding carboxylic acids is 1. The zero-order chi connectivity index (χ0) is 21.6. The van der Waals surface area contributed by atoms with Crippen LogP contribution in [0.15, 0.2) is 22.3 Å². The van der Waals surface area contributed by atoms with Crippen molar-refractivity contribution in [3.05, 3.63) is 22.3 Å². The Morgan fingerprint density at radius 3 is 2.52 bits per heavy atom. The second kappa shape index (κ2) is 15.0. The van der Waals surface area contributed by atoms with E-state index in [1.807, 2.05) is 0 Å². The molecule has 0 aromatic heterocycles. The van der Waals surface area contributed by atoms with Gasteiger partial charge in [-0.15, -0.1) is 0 Å². The Balaban J connectivity index is 0.000000387. The van der Waals surface area contributed by atoms with Gasteiger partial charge in [0.1, 0.15) is 0 Å². The van der Waals surface area contributed by atoms with Crippen LogP contribution in [-0.4, -0.2) is 55.4 Å². The first-order valence-corrected chi connectivity index (χ1v) is 11.7. The summed E-state index contributed by atoms with van der Waals surface area (Å²) in [5.74, 6) is 0.749. The van der Waals surface area contributed by atoms with Crippen molar-refractivity contribution in [1.29, 1.82) is 0 Å². The van der Waals surface area contributed by atoms with Gasteiger partial charge in [0.2, 0.25) is 0 Å². The van der Waals surface area contributed by atoms with Gasteiger partial charge in [-0.2, -0.15) is 0 Å². The quantitative estimate of drug-likeness (QED) is 0.297. The highest BCUT2D eigenvalue weighted by molar-refractivity contribution is 9.11. The number of carbonyl (C=O) groups is 1. The van der Waals surface area contributed by atoms with Crippen LogP contribution in [0.2, 0.25) is 0 Å². The normalized spacial score (nSPS) is 24.6. The summed E-state index contributed by atoms with van der Waals surface area (Å²) in [7, 11) is 1.35. The third kappa shape index (κ3) is 10.1. The maximum Gasteiger partial charge on any atom is 0.335 e. The molecule has 168 valence electrons. The van der Waals surface area contributed by atoms with E-state index < -0.39 is 0 Å². The molecule has 1 aliphatic carbocycles. The molecule has 1 heterocycles. The number of hydrogen-bond acceptors (Lipinski definition) is 6. The van der Waals surface area contributed by atoms with Gasteiger partial charge in [-0.3, -0.25) is 4.90 Å². The minimum atomic E-state index is -0.390. The SMILES string of the molecule is CCCC1CCCCC1.COC(=O)/C(=C/C(Br)=C\N)CN1CCC(N)C(CO)C1. The number of aliphatic hydroxyl groups is 1. The fourth-order valence-electron chi connectivity index (χ4n) is 4.10. The summed E-state index contributed by atoms with van der Waals surface area (Å²) in [5, 5.41) is 9.31. The van der Waals surface area contributed by atoms with Crippen LogP contribution in [0, 0.1) is 11.8 Å². The van der Waals surface area contributed by atoms with Crippen molar-refractivity contribution in [3.63, 3.8) is 0 Å². The molecule has 29 heavy (non-hydrogen) atoms. The lowest BCUT2D eigenvalue weighted by atomic mass is 9.86. The lowest BCUT2D eigenvalue weighted by Crippen LogP contribution is -2.49. The van der Waals surface area contributed by atoms with Gasteiger partial charge in [-0.05, 0) is 40.9 Å². The number of rotatable bonds is 7. The number of esters is 1. The van der Waals surface area contributed by atoms with Crippen molar-refractivity contribution in [2.45, 2.75) is 64.3 Å². The zero-order valence-electron chi connectivity index (χ0n) is 18.1. The van der Waals surface area contributed by atoms with Crippen molar-refractivity contribution >= 4 is 21.9 Å². The summed E-state index contributed by atoms with van der Waals surface area (Å²) in [6.07, 6.45) is 14.2. The number of ether oxygens (including phenoxy) is 1. The molecular weight excluding hydrogens is 434 g/mol. The average Bonchev–Trinajstić information content (AvgIpc) is 2.75. The van der Waals surface area contributed by atoms with E-state index in [-0.39, 0.29) is 24.5 Å². The number of nitrogens with two attached hydrogens (primary N) is 2. The summed E-state index contributed by atoms with van der Waals surface area (Å²) >= 11 is 3.25. The summed E-state index contributed by atoms with van der Waals surface area (Å²) in [4.78, 5) is 13.9. The van der Waals surface area contributed by atoms with Crippen LogP contribution in [0.4, 0.5) is 0 Å². The number of halogens is 1. The van der Waals surface area contributed by atoms with Crippen LogP contribution < -0.4 is 11.5 Å².